The van der Waals surface area contributed by atoms with Crippen molar-refractivity contribution in [3.05, 3.63) is 0 Å². The monoisotopic (exact) mass is 620 g/mol. The Hall–Kier alpha value is -0.720. The van der Waals surface area contributed by atoms with Gasteiger partial charge in [-0.2, -0.15) is 0 Å². The smallest absolute Gasteiger partial charge is 0.187 e. The third kappa shape index (κ3) is 8.30. The lowest BCUT2D eigenvalue weighted by Crippen LogP contribution is -2.67. The lowest BCUT2D eigenvalue weighted by Gasteiger charge is -2.49. The topological polar surface area (TPSA) is 243 Å². The molecule has 0 bridgehead atoms. The van der Waals surface area contributed by atoms with Crippen LogP contribution in [0.3, 0.4) is 0 Å². The summed E-state index contributed by atoms with van der Waals surface area (Å²) in [7, 11) is 5.35. The van der Waals surface area contributed by atoms with Crippen molar-refractivity contribution in [3.63, 3.8) is 0 Å². The predicted molar refractivity (Wildman–Crippen MR) is 132 cm³/mol. The van der Waals surface area contributed by atoms with Gasteiger partial charge in [0.15, 0.2) is 18.9 Å². The molecule has 3 aliphatic rings. The van der Waals surface area contributed by atoms with Gasteiger partial charge < -0.3 is 87.9 Å². The summed E-state index contributed by atoms with van der Waals surface area (Å²) >= 11 is 0. The summed E-state index contributed by atoms with van der Waals surface area (Å²) in [6, 6.07) is 0. The van der Waals surface area contributed by atoms with Gasteiger partial charge in [0.05, 0.1) is 19.8 Å². The standard InChI is InChI=1S/C24H44O18/c1-32-5-11-18(15(28)16(29)22(31)38-11)41-24-21(37-9-34-3)17(30)19(12(40-24)6-33-2)42-23-20(35-4)14(27)13(26)10(39-23)7-36-8-25/h10-31H,5-9H2,1-4H3. The lowest BCUT2D eigenvalue weighted by atomic mass is 9.96. The Morgan fingerprint density at radius 1 is 0.548 bits per heavy atom. The van der Waals surface area contributed by atoms with E-state index < -0.39 is 98.9 Å². The first-order valence-electron chi connectivity index (χ1n) is 13.3. The van der Waals surface area contributed by atoms with Crippen LogP contribution in [-0.4, -0.2) is 190 Å². The first kappa shape index (κ1) is 35.8. The highest BCUT2D eigenvalue weighted by atomic mass is 16.8. The summed E-state index contributed by atoms with van der Waals surface area (Å²) in [5, 5.41) is 72.4. The van der Waals surface area contributed by atoms with E-state index in [0.717, 1.165) is 0 Å². The van der Waals surface area contributed by atoms with Gasteiger partial charge in [0, 0.05) is 28.4 Å². The van der Waals surface area contributed by atoms with Crippen LogP contribution < -0.4 is 0 Å². The van der Waals surface area contributed by atoms with Crippen molar-refractivity contribution in [2.45, 2.75) is 92.1 Å². The molecule has 0 aromatic heterocycles. The second-order valence-corrected chi connectivity index (χ2v) is 9.95. The first-order valence-corrected chi connectivity index (χ1v) is 13.3. The molecule has 18 nitrogen and oxygen atoms in total. The SMILES string of the molecule is COCOC1C(OC2C(COC)OC(O)C(O)C2O)OC(COC)C(OC2OC(COCO)C(O)C(O)C2OC)C1O. The molecule has 0 aromatic carbocycles. The largest absolute Gasteiger partial charge is 0.387 e. The van der Waals surface area contributed by atoms with Gasteiger partial charge in [-0.3, -0.25) is 0 Å². The highest BCUT2D eigenvalue weighted by Gasteiger charge is 2.54. The van der Waals surface area contributed by atoms with Crippen LogP contribution in [0.25, 0.3) is 0 Å². The van der Waals surface area contributed by atoms with Crippen LogP contribution in [-0.2, 0) is 52.1 Å². The van der Waals surface area contributed by atoms with Gasteiger partial charge in [-0.15, -0.1) is 0 Å². The van der Waals surface area contributed by atoms with Gasteiger partial charge in [-0.25, -0.2) is 0 Å². The third-order valence-electron chi connectivity index (χ3n) is 7.19. The Morgan fingerprint density at radius 2 is 1.10 bits per heavy atom. The summed E-state index contributed by atoms with van der Waals surface area (Å²) in [6.45, 7) is -1.57. The van der Waals surface area contributed by atoms with Crippen LogP contribution in [0, 0.1) is 0 Å². The number of aliphatic hydroxyl groups is 7. The van der Waals surface area contributed by atoms with Crippen LogP contribution in [0.4, 0.5) is 0 Å². The minimum absolute atomic E-state index is 0.135. The van der Waals surface area contributed by atoms with E-state index in [1.54, 1.807) is 0 Å². The number of ether oxygens (including phenoxy) is 11. The van der Waals surface area contributed by atoms with Crippen LogP contribution in [0.1, 0.15) is 0 Å². The Kier molecular flexibility index (Phi) is 14.6. The fourth-order valence-electron chi connectivity index (χ4n) is 5.06. The average molecular weight is 621 g/mol. The Balaban J connectivity index is 1.86. The van der Waals surface area contributed by atoms with Crippen LogP contribution in [0.5, 0.6) is 0 Å². The molecule has 0 aliphatic carbocycles. The van der Waals surface area contributed by atoms with Gasteiger partial charge in [0.2, 0.25) is 0 Å². The van der Waals surface area contributed by atoms with Crippen LogP contribution in [0.2, 0.25) is 0 Å². The van der Waals surface area contributed by atoms with E-state index in [-0.39, 0.29) is 26.6 Å². The molecule has 0 radical (unpaired) electrons. The average Bonchev–Trinajstić information content (AvgIpc) is 2.97. The van der Waals surface area contributed by atoms with E-state index in [1.807, 2.05) is 0 Å². The fraction of sp³-hybridized carbons (Fsp3) is 1.00. The molecule has 15 unspecified atom stereocenters. The number of hydrogen-bond donors (Lipinski definition) is 7. The number of methoxy groups -OCH3 is 4. The second kappa shape index (κ2) is 17.1. The van der Waals surface area contributed by atoms with E-state index >= 15 is 0 Å². The van der Waals surface area contributed by atoms with Gasteiger partial charge in [-0.05, 0) is 0 Å². The van der Waals surface area contributed by atoms with E-state index in [0.29, 0.717) is 0 Å². The van der Waals surface area contributed by atoms with Crippen molar-refractivity contribution in [2.24, 2.45) is 0 Å². The quantitative estimate of drug-likeness (QED) is 0.0847. The predicted octanol–water partition coefficient (Wildman–Crippen LogP) is -5.01. The summed E-state index contributed by atoms with van der Waals surface area (Å²) in [6.07, 6.45) is -20.7. The summed E-state index contributed by atoms with van der Waals surface area (Å²) in [5.41, 5.74) is 0. The van der Waals surface area contributed by atoms with Crippen LogP contribution in [0.15, 0.2) is 0 Å². The Morgan fingerprint density at radius 3 is 1.67 bits per heavy atom. The summed E-state index contributed by atoms with van der Waals surface area (Å²) in [4.78, 5) is 0. The molecule has 18 heteroatoms. The zero-order valence-corrected chi connectivity index (χ0v) is 23.8. The maximum Gasteiger partial charge on any atom is 0.187 e. The van der Waals surface area contributed by atoms with E-state index in [9.17, 15) is 30.6 Å². The van der Waals surface area contributed by atoms with Gasteiger partial charge in [-0.1, -0.05) is 0 Å². The molecule has 3 heterocycles. The molecule has 3 aliphatic heterocycles. The van der Waals surface area contributed by atoms with Crippen molar-refractivity contribution in [2.75, 3.05) is 61.8 Å². The maximum absolute atomic E-state index is 11.5. The van der Waals surface area contributed by atoms with Crippen molar-refractivity contribution >= 4 is 0 Å². The molecule has 0 saturated carbocycles. The Bertz CT molecular complexity index is 765. The Labute approximate surface area is 242 Å². The van der Waals surface area contributed by atoms with Crippen molar-refractivity contribution < 1.29 is 87.9 Å². The van der Waals surface area contributed by atoms with E-state index in [4.69, 9.17) is 57.2 Å². The molecule has 42 heavy (non-hydrogen) atoms. The normalized spacial score (nSPS) is 44.8. The van der Waals surface area contributed by atoms with E-state index in [1.165, 1.54) is 28.4 Å². The molecule has 0 spiro atoms. The lowest BCUT2D eigenvalue weighted by molar-refractivity contribution is -0.385. The molecule has 248 valence electrons. The second-order valence-electron chi connectivity index (χ2n) is 9.95. The molecule has 7 N–H and O–H groups in total. The molecule has 3 saturated heterocycles. The molecular weight excluding hydrogens is 576 g/mol. The van der Waals surface area contributed by atoms with Crippen molar-refractivity contribution in [1.29, 1.82) is 0 Å². The molecule has 0 amide bonds. The highest BCUT2D eigenvalue weighted by Crippen LogP contribution is 2.34. The number of aliphatic hydroxyl groups excluding tert-OH is 7. The molecule has 15 atom stereocenters. The van der Waals surface area contributed by atoms with E-state index in [2.05, 4.69) is 0 Å². The fourth-order valence-corrected chi connectivity index (χ4v) is 5.06. The zero-order valence-electron chi connectivity index (χ0n) is 23.8. The third-order valence-corrected chi connectivity index (χ3v) is 7.19. The minimum Gasteiger partial charge on any atom is -0.387 e. The first-order chi connectivity index (χ1) is 20.1. The summed E-state index contributed by atoms with van der Waals surface area (Å²) < 4.78 is 60.5. The molecule has 3 fully saturated rings. The molecule has 3 rings (SSSR count). The number of hydrogen-bond acceptors (Lipinski definition) is 18. The molecular formula is C24H44O18. The maximum atomic E-state index is 11.5. The van der Waals surface area contributed by atoms with Crippen molar-refractivity contribution in [3.8, 4) is 0 Å². The van der Waals surface area contributed by atoms with Gasteiger partial charge in [0.1, 0.15) is 86.8 Å². The van der Waals surface area contributed by atoms with Gasteiger partial charge in [0.25, 0.3) is 0 Å². The zero-order chi connectivity index (χ0) is 31.0. The minimum atomic E-state index is -1.72. The van der Waals surface area contributed by atoms with Gasteiger partial charge >= 0.3 is 0 Å². The number of rotatable bonds is 15. The summed E-state index contributed by atoms with van der Waals surface area (Å²) in [5.74, 6) is 0. The van der Waals surface area contributed by atoms with Crippen molar-refractivity contribution in [1.82, 2.24) is 0 Å². The molecule has 0 aromatic rings. The van der Waals surface area contributed by atoms with Crippen LogP contribution >= 0.6 is 0 Å². The highest BCUT2D eigenvalue weighted by molar-refractivity contribution is 4.97.